The molecule has 1 saturated heterocycles. The number of hydrogen-bond donors (Lipinski definition) is 1. The molecule has 9 heteroatoms. The number of hydrogen-bond acceptors (Lipinski definition) is 8. The highest BCUT2D eigenvalue weighted by molar-refractivity contribution is 6.51. The number of ether oxygens (including phenoxy) is 3. The van der Waals surface area contributed by atoms with Crippen molar-refractivity contribution >= 4 is 23.4 Å². The van der Waals surface area contributed by atoms with E-state index in [1.54, 1.807) is 48.5 Å². The number of amides is 1. The van der Waals surface area contributed by atoms with Crippen molar-refractivity contribution in [2.75, 3.05) is 26.2 Å². The lowest BCUT2D eigenvalue weighted by molar-refractivity contribution is -0.132. The fraction of sp³-hybridized carbons (Fsp3) is 0.167. The van der Waals surface area contributed by atoms with Crippen LogP contribution in [0.3, 0.4) is 0 Å². The number of aliphatic hydroxyl groups excluding tert-OH is 1. The Hall–Kier alpha value is -4.40. The Morgan fingerprint density at radius 2 is 1.58 bits per heavy atom. The summed E-state index contributed by atoms with van der Waals surface area (Å²) in [6.45, 7) is 0. The second-order valence-corrected chi connectivity index (χ2v) is 7.06. The highest BCUT2D eigenvalue weighted by Gasteiger charge is 2.48. The van der Waals surface area contributed by atoms with Gasteiger partial charge in [0.1, 0.15) is 11.5 Å². The van der Waals surface area contributed by atoms with E-state index in [-0.39, 0.29) is 17.3 Å². The number of rotatable bonds is 6. The van der Waals surface area contributed by atoms with Gasteiger partial charge in [0, 0.05) is 18.0 Å². The second-order valence-electron chi connectivity index (χ2n) is 7.06. The minimum absolute atomic E-state index is 0.0353. The third-order valence-electron chi connectivity index (χ3n) is 5.30. The first-order valence-electron chi connectivity index (χ1n) is 9.94. The molecule has 9 nitrogen and oxygen atoms in total. The molecular weight excluding hydrogens is 426 g/mol. The van der Waals surface area contributed by atoms with E-state index in [2.05, 4.69) is 9.97 Å². The normalized spacial score (nSPS) is 17.2. The molecule has 0 spiro atoms. The molecule has 1 atom stereocenters. The van der Waals surface area contributed by atoms with E-state index < -0.39 is 17.7 Å². The molecule has 168 valence electrons. The van der Waals surface area contributed by atoms with Crippen LogP contribution in [-0.2, 0) is 9.59 Å². The molecule has 0 bridgehead atoms. The number of ketones is 1. The van der Waals surface area contributed by atoms with Gasteiger partial charge in [-0.3, -0.25) is 14.5 Å². The number of nitrogens with zero attached hydrogens (tertiary/aromatic N) is 3. The lowest BCUT2D eigenvalue weighted by Gasteiger charge is -2.24. The predicted molar refractivity (Wildman–Crippen MR) is 119 cm³/mol. The first-order chi connectivity index (χ1) is 16.0. The minimum Gasteiger partial charge on any atom is -0.507 e. The lowest BCUT2D eigenvalue weighted by atomic mass is 9.95. The van der Waals surface area contributed by atoms with Crippen LogP contribution in [0.1, 0.15) is 17.2 Å². The van der Waals surface area contributed by atoms with Crippen LogP contribution in [0.2, 0.25) is 0 Å². The second kappa shape index (κ2) is 8.99. The minimum atomic E-state index is -0.991. The van der Waals surface area contributed by atoms with E-state index in [1.165, 1.54) is 38.6 Å². The van der Waals surface area contributed by atoms with Gasteiger partial charge in [0.2, 0.25) is 5.95 Å². The van der Waals surface area contributed by atoms with Gasteiger partial charge in [0.05, 0.1) is 32.9 Å². The molecule has 1 N–H and O–H groups in total. The summed E-state index contributed by atoms with van der Waals surface area (Å²) in [5.74, 6) is -0.529. The molecule has 0 aliphatic carbocycles. The van der Waals surface area contributed by atoms with Crippen LogP contribution in [0.15, 0.2) is 66.5 Å². The van der Waals surface area contributed by atoms with Crippen LogP contribution in [-0.4, -0.2) is 48.1 Å². The third kappa shape index (κ3) is 3.84. The number of aliphatic hydroxyl groups is 1. The maximum Gasteiger partial charge on any atom is 0.302 e. The van der Waals surface area contributed by atoms with Crippen molar-refractivity contribution in [2.45, 2.75) is 6.04 Å². The van der Waals surface area contributed by atoms with Gasteiger partial charge in [-0.1, -0.05) is 6.07 Å². The summed E-state index contributed by atoms with van der Waals surface area (Å²) in [6.07, 6.45) is 2.94. The van der Waals surface area contributed by atoms with Crippen LogP contribution in [0.25, 0.3) is 5.76 Å². The Kier molecular flexibility index (Phi) is 5.95. The molecule has 33 heavy (non-hydrogen) atoms. The maximum absolute atomic E-state index is 13.1. The smallest absolute Gasteiger partial charge is 0.302 e. The van der Waals surface area contributed by atoms with E-state index in [9.17, 15) is 14.7 Å². The van der Waals surface area contributed by atoms with Crippen LogP contribution in [0.5, 0.6) is 17.2 Å². The van der Waals surface area contributed by atoms with Gasteiger partial charge in [0.15, 0.2) is 11.5 Å². The molecule has 0 radical (unpaired) electrons. The number of benzene rings is 2. The quantitative estimate of drug-likeness (QED) is 0.349. The average molecular weight is 447 g/mol. The zero-order valence-electron chi connectivity index (χ0n) is 18.2. The van der Waals surface area contributed by atoms with Gasteiger partial charge in [-0.05, 0) is 48.0 Å². The van der Waals surface area contributed by atoms with Crippen LogP contribution in [0.4, 0.5) is 5.95 Å². The Labute approximate surface area is 189 Å². The molecule has 1 aliphatic heterocycles. The number of methoxy groups -OCH3 is 3. The maximum atomic E-state index is 13.1. The van der Waals surface area contributed by atoms with Gasteiger partial charge in [-0.15, -0.1) is 0 Å². The fourth-order valence-electron chi connectivity index (χ4n) is 3.70. The van der Waals surface area contributed by atoms with Crippen LogP contribution < -0.4 is 19.1 Å². The van der Waals surface area contributed by atoms with Gasteiger partial charge in [-0.25, -0.2) is 9.97 Å². The van der Waals surface area contributed by atoms with Crippen molar-refractivity contribution in [3.05, 3.63) is 77.6 Å². The zero-order valence-corrected chi connectivity index (χ0v) is 18.2. The summed E-state index contributed by atoms with van der Waals surface area (Å²) < 4.78 is 15.9. The molecule has 3 aromatic rings. The molecule has 0 saturated carbocycles. The Morgan fingerprint density at radius 1 is 0.909 bits per heavy atom. The van der Waals surface area contributed by atoms with Gasteiger partial charge < -0.3 is 19.3 Å². The highest BCUT2D eigenvalue weighted by Crippen LogP contribution is 2.43. The standard InChI is InChI=1S/C24H21N3O6/c1-31-16-8-5-14(6-9-16)21(28)19-20(15-7-10-17(32-2)18(13-15)33-3)27(23(30)22(19)29)24-25-11-4-12-26-24/h4-13,20,28H,1-3H3/t20-/m0/s1. The summed E-state index contributed by atoms with van der Waals surface area (Å²) in [7, 11) is 4.51. The number of carbonyl (C=O) groups excluding carboxylic acids is 2. The summed E-state index contributed by atoms with van der Waals surface area (Å²) >= 11 is 0. The molecule has 1 aromatic heterocycles. The van der Waals surface area contributed by atoms with Crippen LogP contribution in [0, 0.1) is 0 Å². The Morgan fingerprint density at radius 3 is 2.18 bits per heavy atom. The highest BCUT2D eigenvalue weighted by atomic mass is 16.5. The Bertz CT molecular complexity index is 1220. The largest absolute Gasteiger partial charge is 0.507 e. The number of aromatic nitrogens is 2. The topological polar surface area (TPSA) is 111 Å². The summed E-state index contributed by atoms with van der Waals surface area (Å²) in [4.78, 5) is 35.7. The molecule has 0 unspecified atom stereocenters. The van der Waals surface area contributed by atoms with E-state index in [1.807, 2.05) is 0 Å². The van der Waals surface area contributed by atoms with Crippen molar-refractivity contribution in [1.82, 2.24) is 9.97 Å². The average Bonchev–Trinajstić information content (AvgIpc) is 3.13. The molecule has 2 aromatic carbocycles. The molecule has 1 fully saturated rings. The zero-order chi connectivity index (χ0) is 23.5. The number of anilines is 1. The van der Waals surface area contributed by atoms with Crippen LogP contribution >= 0.6 is 0 Å². The SMILES string of the molecule is COc1ccc(C(O)=C2C(=O)C(=O)N(c3ncccn3)[C@H]2c2ccc(OC)c(OC)c2)cc1. The molecular formula is C24H21N3O6. The summed E-state index contributed by atoms with van der Waals surface area (Å²) in [5, 5.41) is 11.1. The van der Waals surface area contributed by atoms with Gasteiger partial charge in [-0.2, -0.15) is 0 Å². The van der Waals surface area contributed by atoms with E-state index in [4.69, 9.17) is 14.2 Å². The van der Waals surface area contributed by atoms with Gasteiger partial charge >= 0.3 is 5.91 Å². The number of Topliss-reactive ketones (excluding diaryl/α,β-unsaturated/α-hetero) is 1. The summed E-state index contributed by atoms with van der Waals surface area (Å²) in [6, 6.07) is 12.1. The fourth-order valence-corrected chi connectivity index (χ4v) is 3.70. The third-order valence-corrected chi connectivity index (χ3v) is 5.30. The lowest BCUT2D eigenvalue weighted by Crippen LogP contribution is -2.31. The molecule has 1 aliphatic rings. The van der Waals surface area contributed by atoms with E-state index in [0.29, 0.717) is 28.4 Å². The van der Waals surface area contributed by atoms with Crippen molar-refractivity contribution < 1.29 is 28.9 Å². The first-order valence-corrected chi connectivity index (χ1v) is 9.94. The number of carbonyl (C=O) groups is 2. The first kappa shape index (κ1) is 21.8. The van der Waals surface area contributed by atoms with Crippen molar-refractivity contribution in [1.29, 1.82) is 0 Å². The van der Waals surface area contributed by atoms with Crippen molar-refractivity contribution in [2.24, 2.45) is 0 Å². The molecule has 4 rings (SSSR count). The van der Waals surface area contributed by atoms with E-state index >= 15 is 0 Å². The molecule has 2 heterocycles. The predicted octanol–water partition coefficient (Wildman–Crippen LogP) is 3.13. The van der Waals surface area contributed by atoms with Crippen molar-refractivity contribution in [3.8, 4) is 17.2 Å². The monoisotopic (exact) mass is 447 g/mol. The summed E-state index contributed by atoms with van der Waals surface area (Å²) in [5.41, 5.74) is 0.771. The molecule has 1 amide bonds. The Balaban J connectivity index is 1.94. The van der Waals surface area contributed by atoms with Crippen molar-refractivity contribution in [3.63, 3.8) is 0 Å². The van der Waals surface area contributed by atoms with Gasteiger partial charge in [0.25, 0.3) is 5.78 Å². The van der Waals surface area contributed by atoms with E-state index in [0.717, 1.165) is 0 Å².